The molecular weight excluding hydrogens is 272 g/mol. The van der Waals surface area contributed by atoms with Crippen molar-refractivity contribution in [2.45, 2.75) is 39.5 Å². The Morgan fingerprint density at radius 1 is 1.20 bits per heavy atom. The van der Waals surface area contributed by atoms with E-state index >= 15 is 0 Å². The third kappa shape index (κ3) is 5.17. The van der Waals surface area contributed by atoms with Gasteiger partial charge in [-0.05, 0) is 25.1 Å². The van der Waals surface area contributed by atoms with Crippen LogP contribution in [0.3, 0.4) is 0 Å². The largest absolute Gasteiger partial charge is 0.462 e. The molecule has 0 amide bonds. The molecule has 0 aliphatic rings. The Labute approximate surface area is 121 Å². The van der Waals surface area contributed by atoms with Crippen LogP contribution in [0.15, 0.2) is 18.2 Å². The highest BCUT2D eigenvalue weighted by atomic mass is 28.3. The van der Waals surface area contributed by atoms with Crippen molar-refractivity contribution in [1.82, 2.24) is 0 Å². The lowest BCUT2D eigenvalue weighted by atomic mass is 10.1. The number of esters is 2. The number of ether oxygens (including phenoxy) is 2. The maximum absolute atomic E-state index is 12.0. The molecule has 0 N–H and O–H groups in total. The van der Waals surface area contributed by atoms with Gasteiger partial charge in [-0.25, -0.2) is 4.79 Å². The molecule has 110 valence electrons. The third-order valence-corrected chi connectivity index (χ3v) is 4.55. The van der Waals surface area contributed by atoms with Gasteiger partial charge in [0.15, 0.2) is 0 Å². The zero-order chi connectivity index (χ0) is 15.3. The van der Waals surface area contributed by atoms with Crippen molar-refractivity contribution in [3.8, 4) is 5.75 Å². The fourth-order valence-corrected chi connectivity index (χ4v) is 2.34. The van der Waals surface area contributed by atoms with E-state index in [1.807, 2.05) is 0 Å². The predicted molar refractivity (Wildman–Crippen MR) is 80.9 cm³/mol. The van der Waals surface area contributed by atoms with Crippen LogP contribution >= 0.6 is 0 Å². The van der Waals surface area contributed by atoms with E-state index in [2.05, 4.69) is 19.6 Å². The molecule has 0 aromatic heterocycles. The number of hydrogen-bond donors (Lipinski definition) is 0. The molecule has 0 heterocycles. The molecule has 1 aromatic rings. The van der Waals surface area contributed by atoms with Crippen molar-refractivity contribution < 1.29 is 19.1 Å². The average Bonchev–Trinajstić information content (AvgIpc) is 2.29. The first-order chi connectivity index (χ1) is 9.20. The molecule has 0 atom stereocenters. The minimum atomic E-state index is -1.22. The molecule has 0 aliphatic heterocycles. The Morgan fingerprint density at radius 2 is 1.85 bits per heavy atom. The molecule has 4 nitrogen and oxygen atoms in total. The highest BCUT2D eigenvalue weighted by Crippen LogP contribution is 2.22. The minimum Gasteiger partial charge on any atom is -0.462 e. The van der Waals surface area contributed by atoms with Gasteiger partial charge >= 0.3 is 11.9 Å². The van der Waals surface area contributed by atoms with E-state index in [1.54, 1.807) is 25.1 Å². The first kappa shape index (κ1) is 16.4. The summed E-state index contributed by atoms with van der Waals surface area (Å²) >= 11 is 0. The van der Waals surface area contributed by atoms with Crippen molar-refractivity contribution in [3.05, 3.63) is 29.3 Å². The van der Waals surface area contributed by atoms with Crippen LogP contribution in [0.2, 0.25) is 25.7 Å². The van der Waals surface area contributed by atoms with Crippen molar-refractivity contribution in [2.24, 2.45) is 0 Å². The maximum atomic E-state index is 12.0. The number of carbonyl (C=O) groups is 2. The molecule has 0 unspecified atom stereocenters. The number of rotatable bonds is 5. The summed E-state index contributed by atoms with van der Waals surface area (Å²) in [5.41, 5.74) is 1.07. The van der Waals surface area contributed by atoms with Crippen molar-refractivity contribution in [3.63, 3.8) is 0 Å². The SMILES string of the molecule is CC(=O)Oc1cccc(C(=O)OCC[Si](C)(C)C)c1C. The van der Waals surface area contributed by atoms with Gasteiger partial charge in [-0.2, -0.15) is 0 Å². The van der Waals surface area contributed by atoms with E-state index in [0.717, 1.165) is 6.04 Å². The molecular formula is C15H22O4Si. The smallest absolute Gasteiger partial charge is 0.338 e. The van der Waals surface area contributed by atoms with Crippen LogP contribution in [0.4, 0.5) is 0 Å². The van der Waals surface area contributed by atoms with Crippen LogP contribution in [0, 0.1) is 6.92 Å². The minimum absolute atomic E-state index is 0.366. The second kappa shape index (κ2) is 6.70. The van der Waals surface area contributed by atoms with Crippen LogP contribution in [0.25, 0.3) is 0 Å². The fraction of sp³-hybridized carbons (Fsp3) is 0.467. The highest BCUT2D eigenvalue weighted by molar-refractivity contribution is 6.76. The number of hydrogen-bond acceptors (Lipinski definition) is 4. The monoisotopic (exact) mass is 294 g/mol. The topological polar surface area (TPSA) is 52.6 Å². The van der Waals surface area contributed by atoms with Gasteiger partial charge in [0.2, 0.25) is 0 Å². The van der Waals surface area contributed by atoms with Gasteiger partial charge in [-0.1, -0.05) is 25.7 Å². The lowest BCUT2D eigenvalue weighted by Crippen LogP contribution is -2.23. The summed E-state index contributed by atoms with van der Waals surface area (Å²) < 4.78 is 10.4. The first-order valence-electron chi connectivity index (χ1n) is 6.66. The average molecular weight is 294 g/mol. The van der Waals surface area contributed by atoms with Gasteiger partial charge in [0, 0.05) is 20.6 Å². The van der Waals surface area contributed by atoms with E-state index in [0.29, 0.717) is 23.5 Å². The summed E-state index contributed by atoms with van der Waals surface area (Å²) in [6, 6.07) is 5.95. The van der Waals surface area contributed by atoms with Crippen molar-refractivity contribution >= 4 is 20.0 Å². The summed E-state index contributed by atoms with van der Waals surface area (Å²) in [6.07, 6.45) is 0. The van der Waals surface area contributed by atoms with E-state index < -0.39 is 14.0 Å². The lowest BCUT2D eigenvalue weighted by molar-refractivity contribution is -0.131. The van der Waals surface area contributed by atoms with Crippen LogP contribution in [-0.2, 0) is 9.53 Å². The summed E-state index contributed by atoms with van der Waals surface area (Å²) in [4.78, 5) is 23.0. The zero-order valence-electron chi connectivity index (χ0n) is 12.8. The predicted octanol–water partition coefficient (Wildman–Crippen LogP) is 3.42. The van der Waals surface area contributed by atoms with Gasteiger partial charge in [0.1, 0.15) is 5.75 Å². The number of carbonyl (C=O) groups excluding carboxylic acids is 2. The van der Waals surface area contributed by atoms with Crippen LogP contribution in [0.5, 0.6) is 5.75 Å². The molecule has 0 saturated carbocycles. The van der Waals surface area contributed by atoms with E-state index in [9.17, 15) is 9.59 Å². The Bertz CT molecular complexity index is 503. The summed E-state index contributed by atoms with van der Waals surface area (Å²) in [5.74, 6) is -0.371. The summed E-state index contributed by atoms with van der Waals surface area (Å²) in [5, 5.41) is 0. The van der Waals surface area contributed by atoms with Gasteiger partial charge < -0.3 is 9.47 Å². The summed E-state index contributed by atoms with van der Waals surface area (Å²) in [6.45, 7) is 10.2. The van der Waals surface area contributed by atoms with E-state index in [4.69, 9.17) is 9.47 Å². The molecule has 5 heteroatoms. The molecule has 0 fully saturated rings. The fourth-order valence-electron chi connectivity index (χ4n) is 1.63. The third-order valence-electron chi connectivity index (χ3n) is 2.84. The Hall–Kier alpha value is -1.62. The van der Waals surface area contributed by atoms with Crippen molar-refractivity contribution in [2.75, 3.05) is 6.61 Å². The van der Waals surface area contributed by atoms with E-state index in [1.165, 1.54) is 6.92 Å². The maximum Gasteiger partial charge on any atom is 0.338 e. The second-order valence-electron chi connectivity index (χ2n) is 5.97. The second-order valence-corrected chi connectivity index (χ2v) is 11.6. The number of benzene rings is 1. The Kier molecular flexibility index (Phi) is 5.50. The molecule has 0 spiro atoms. The molecule has 0 aliphatic carbocycles. The standard InChI is InChI=1S/C15H22O4Si/c1-11-13(7-6-8-14(11)19-12(2)16)15(17)18-9-10-20(3,4)5/h6-8H,9-10H2,1-5H3. The molecule has 0 saturated heterocycles. The normalized spacial score (nSPS) is 11.1. The van der Waals surface area contributed by atoms with Crippen LogP contribution in [-0.4, -0.2) is 26.6 Å². The van der Waals surface area contributed by atoms with E-state index in [-0.39, 0.29) is 5.97 Å². The molecule has 20 heavy (non-hydrogen) atoms. The Balaban J connectivity index is 2.76. The molecule has 1 aromatic carbocycles. The van der Waals surface area contributed by atoms with Crippen LogP contribution in [0.1, 0.15) is 22.8 Å². The quantitative estimate of drug-likeness (QED) is 0.474. The highest BCUT2D eigenvalue weighted by Gasteiger charge is 2.17. The molecule has 0 radical (unpaired) electrons. The van der Waals surface area contributed by atoms with Gasteiger partial charge in [0.25, 0.3) is 0 Å². The van der Waals surface area contributed by atoms with Gasteiger partial charge in [0.05, 0.1) is 12.2 Å². The summed E-state index contributed by atoms with van der Waals surface area (Å²) in [7, 11) is -1.22. The molecule has 1 rings (SSSR count). The van der Waals surface area contributed by atoms with Gasteiger partial charge in [-0.15, -0.1) is 0 Å². The zero-order valence-corrected chi connectivity index (χ0v) is 13.8. The lowest BCUT2D eigenvalue weighted by Gasteiger charge is -2.16. The van der Waals surface area contributed by atoms with Crippen molar-refractivity contribution in [1.29, 1.82) is 0 Å². The van der Waals surface area contributed by atoms with Crippen LogP contribution < -0.4 is 4.74 Å². The molecule has 0 bridgehead atoms. The van der Waals surface area contributed by atoms with Gasteiger partial charge in [-0.3, -0.25) is 4.79 Å². The first-order valence-corrected chi connectivity index (χ1v) is 10.4. The Morgan fingerprint density at radius 3 is 2.40 bits per heavy atom.